The molecule has 122 valence electrons. The van der Waals surface area contributed by atoms with Crippen LogP contribution in [0.2, 0.25) is 0 Å². The van der Waals surface area contributed by atoms with E-state index >= 15 is 0 Å². The molecule has 0 saturated heterocycles. The number of fused-ring (bicyclic) bond motifs is 1. The number of carbonyl (C=O) groups is 1. The third-order valence-corrected chi connectivity index (χ3v) is 4.38. The Kier molecular flexibility index (Phi) is 6.52. The molecule has 4 nitrogen and oxygen atoms in total. The molecule has 22 heavy (non-hydrogen) atoms. The number of anilines is 1. The second kappa shape index (κ2) is 8.39. The first-order valence-corrected chi connectivity index (χ1v) is 8.10. The predicted octanol–water partition coefficient (Wildman–Crippen LogP) is 3.16. The zero-order valence-electron chi connectivity index (χ0n) is 12.9. The van der Waals surface area contributed by atoms with Crippen LogP contribution in [-0.2, 0) is 11.2 Å². The number of carbonyl (C=O) groups excluding carboxylic acids is 1. The number of rotatable bonds is 5. The molecule has 1 amide bonds. The number of benzene rings is 1. The second-order valence-electron chi connectivity index (χ2n) is 5.90. The zero-order valence-corrected chi connectivity index (χ0v) is 13.7. The van der Waals surface area contributed by atoms with Gasteiger partial charge in [0.2, 0.25) is 0 Å². The molecule has 1 aliphatic carbocycles. The second-order valence-corrected chi connectivity index (χ2v) is 5.90. The Labute approximate surface area is 138 Å². The van der Waals surface area contributed by atoms with Gasteiger partial charge in [0.1, 0.15) is 0 Å². The van der Waals surface area contributed by atoms with Crippen molar-refractivity contribution in [2.24, 2.45) is 0 Å². The van der Waals surface area contributed by atoms with Crippen molar-refractivity contribution in [3.63, 3.8) is 0 Å². The Hall–Kier alpha value is -1.26. The quantitative estimate of drug-likeness (QED) is 0.818. The van der Waals surface area contributed by atoms with Gasteiger partial charge in [0.05, 0.1) is 12.7 Å². The molecule has 0 spiro atoms. The van der Waals surface area contributed by atoms with Crippen LogP contribution < -0.4 is 10.6 Å². The molecule has 1 aliphatic heterocycles. The largest absolute Gasteiger partial charge is 0.385 e. The number of hydrogen-bond donors (Lipinski definition) is 2. The highest BCUT2D eigenvalue weighted by atomic mass is 35.5. The summed E-state index contributed by atoms with van der Waals surface area (Å²) in [6.45, 7) is 2.20. The molecule has 0 aromatic heterocycles. The van der Waals surface area contributed by atoms with Crippen LogP contribution in [-0.4, -0.2) is 31.7 Å². The summed E-state index contributed by atoms with van der Waals surface area (Å²) in [5.74, 6) is 0.0190. The van der Waals surface area contributed by atoms with Gasteiger partial charge in [-0.05, 0) is 43.4 Å². The molecule has 0 unspecified atom stereocenters. The zero-order chi connectivity index (χ0) is 14.5. The highest BCUT2D eigenvalue weighted by Gasteiger charge is 2.18. The molecule has 1 fully saturated rings. The number of hydrogen-bond acceptors (Lipinski definition) is 3. The summed E-state index contributed by atoms with van der Waals surface area (Å²) >= 11 is 0. The maximum atomic E-state index is 12.3. The summed E-state index contributed by atoms with van der Waals surface area (Å²) in [6, 6.07) is 5.91. The average molecular weight is 325 g/mol. The average Bonchev–Trinajstić information content (AvgIpc) is 3.04. The predicted molar refractivity (Wildman–Crippen MR) is 91.0 cm³/mol. The summed E-state index contributed by atoms with van der Waals surface area (Å²) < 4.78 is 5.77. The lowest BCUT2D eigenvalue weighted by molar-refractivity contribution is 0.0581. The van der Waals surface area contributed by atoms with Crippen molar-refractivity contribution in [1.29, 1.82) is 0 Å². The summed E-state index contributed by atoms with van der Waals surface area (Å²) in [5, 5.41) is 6.34. The fraction of sp³-hybridized carbons (Fsp3) is 0.588. The van der Waals surface area contributed by atoms with Crippen LogP contribution >= 0.6 is 12.4 Å². The summed E-state index contributed by atoms with van der Waals surface area (Å²) in [5.41, 5.74) is 3.06. The Morgan fingerprint density at radius 1 is 1.27 bits per heavy atom. The Balaban J connectivity index is 0.00000176. The first kappa shape index (κ1) is 17.1. The number of ether oxygens (including phenoxy) is 1. The van der Waals surface area contributed by atoms with E-state index in [1.54, 1.807) is 0 Å². The minimum Gasteiger partial charge on any atom is -0.385 e. The molecule has 2 aliphatic rings. The van der Waals surface area contributed by atoms with E-state index in [-0.39, 0.29) is 18.3 Å². The van der Waals surface area contributed by atoms with Crippen LogP contribution in [0.25, 0.3) is 0 Å². The van der Waals surface area contributed by atoms with Crippen molar-refractivity contribution < 1.29 is 9.53 Å². The van der Waals surface area contributed by atoms with Crippen LogP contribution in [0.4, 0.5) is 5.69 Å². The molecule has 0 radical (unpaired) electrons. The third kappa shape index (κ3) is 4.14. The molecule has 2 N–H and O–H groups in total. The lowest BCUT2D eigenvalue weighted by Crippen LogP contribution is -2.30. The van der Waals surface area contributed by atoms with E-state index in [1.807, 2.05) is 12.1 Å². The lowest BCUT2D eigenvalue weighted by atomic mass is 9.97. The van der Waals surface area contributed by atoms with Crippen molar-refractivity contribution in [3.8, 4) is 0 Å². The fourth-order valence-corrected chi connectivity index (χ4v) is 3.26. The van der Waals surface area contributed by atoms with Crippen molar-refractivity contribution >= 4 is 24.0 Å². The van der Waals surface area contributed by atoms with E-state index in [9.17, 15) is 4.79 Å². The van der Waals surface area contributed by atoms with Gasteiger partial charge in [0.15, 0.2) is 0 Å². The van der Waals surface area contributed by atoms with Crippen molar-refractivity contribution in [1.82, 2.24) is 5.32 Å². The minimum atomic E-state index is 0. The smallest absolute Gasteiger partial charge is 0.251 e. The molecule has 5 heteroatoms. The third-order valence-electron chi connectivity index (χ3n) is 4.38. The molecule has 0 atom stereocenters. The molecule has 1 aromatic rings. The van der Waals surface area contributed by atoms with Crippen LogP contribution in [0.3, 0.4) is 0 Å². The number of amides is 1. The van der Waals surface area contributed by atoms with E-state index in [4.69, 9.17) is 4.74 Å². The standard InChI is InChI=1S/C17H24N2O2.ClH/c20-17(19-11-12-21-13-5-1-2-6-13)15-7-3-9-16-14(15)8-4-10-18-16;/h3,7,9,13,18H,1-2,4-6,8,10-12H2,(H,19,20);1H. The number of nitrogens with one attached hydrogen (secondary N) is 2. The fourth-order valence-electron chi connectivity index (χ4n) is 3.26. The first-order chi connectivity index (χ1) is 10.3. The van der Waals surface area contributed by atoms with Crippen molar-refractivity contribution in [2.75, 3.05) is 25.0 Å². The molecule has 0 bridgehead atoms. The van der Waals surface area contributed by atoms with Crippen LogP contribution in [0.1, 0.15) is 48.0 Å². The maximum Gasteiger partial charge on any atom is 0.251 e. The topological polar surface area (TPSA) is 50.4 Å². The van der Waals surface area contributed by atoms with Gasteiger partial charge >= 0.3 is 0 Å². The Morgan fingerprint density at radius 3 is 2.91 bits per heavy atom. The normalized spacial score (nSPS) is 17.3. The lowest BCUT2D eigenvalue weighted by Gasteiger charge is -2.20. The molecular formula is C17H25ClN2O2. The summed E-state index contributed by atoms with van der Waals surface area (Å²) in [6.07, 6.45) is 7.38. The van der Waals surface area contributed by atoms with Gasteiger partial charge in [0, 0.05) is 24.3 Å². The van der Waals surface area contributed by atoms with Gasteiger partial charge in [-0.15, -0.1) is 12.4 Å². The van der Waals surface area contributed by atoms with Crippen molar-refractivity contribution in [2.45, 2.75) is 44.6 Å². The molecule has 3 rings (SSSR count). The van der Waals surface area contributed by atoms with E-state index in [1.165, 1.54) is 25.7 Å². The van der Waals surface area contributed by atoms with Crippen LogP contribution in [0.15, 0.2) is 18.2 Å². The van der Waals surface area contributed by atoms with Crippen LogP contribution in [0, 0.1) is 0 Å². The number of halogens is 1. The van der Waals surface area contributed by atoms with Crippen molar-refractivity contribution in [3.05, 3.63) is 29.3 Å². The molecule has 1 heterocycles. The maximum absolute atomic E-state index is 12.3. The summed E-state index contributed by atoms with van der Waals surface area (Å²) in [4.78, 5) is 12.3. The Morgan fingerprint density at radius 2 is 2.09 bits per heavy atom. The van der Waals surface area contributed by atoms with E-state index in [0.717, 1.165) is 36.2 Å². The first-order valence-electron chi connectivity index (χ1n) is 8.10. The van der Waals surface area contributed by atoms with Crippen LogP contribution in [0.5, 0.6) is 0 Å². The monoisotopic (exact) mass is 324 g/mol. The molecule has 1 saturated carbocycles. The van der Waals surface area contributed by atoms with E-state index in [2.05, 4.69) is 16.7 Å². The van der Waals surface area contributed by atoms with Gasteiger partial charge in [-0.2, -0.15) is 0 Å². The summed E-state index contributed by atoms with van der Waals surface area (Å²) in [7, 11) is 0. The Bertz CT molecular complexity index is 501. The van der Waals surface area contributed by atoms with Gasteiger partial charge < -0.3 is 15.4 Å². The highest BCUT2D eigenvalue weighted by molar-refractivity contribution is 5.97. The van der Waals surface area contributed by atoms with Gasteiger partial charge in [-0.3, -0.25) is 4.79 Å². The van der Waals surface area contributed by atoms with Gasteiger partial charge in [0.25, 0.3) is 5.91 Å². The molecular weight excluding hydrogens is 300 g/mol. The highest BCUT2D eigenvalue weighted by Crippen LogP contribution is 2.25. The van der Waals surface area contributed by atoms with E-state index in [0.29, 0.717) is 19.3 Å². The van der Waals surface area contributed by atoms with Gasteiger partial charge in [-0.1, -0.05) is 18.9 Å². The minimum absolute atomic E-state index is 0. The SMILES string of the molecule is Cl.O=C(NCCOC1CCCC1)c1cccc2c1CCCN2. The van der Waals surface area contributed by atoms with E-state index < -0.39 is 0 Å². The van der Waals surface area contributed by atoms with Gasteiger partial charge in [-0.25, -0.2) is 0 Å². The molecule has 1 aromatic carbocycles.